The average molecular weight is 368 g/mol. The van der Waals surface area contributed by atoms with E-state index in [-0.39, 0.29) is 11.9 Å². The van der Waals surface area contributed by atoms with E-state index in [1.54, 1.807) is 0 Å². The Balaban J connectivity index is 1.67. The normalized spacial score (nSPS) is 15.4. The first-order chi connectivity index (χ1) is 13.1. The highest BCUT2D eigenvalue weighted by Crippen LogP contribution is 2.32. The van der Waals surface area contributed by atoms with Crippen LogP contribution >= 0.6 is 0 Å². The van der Waals surface area contributed by atoms with Gasteiger partial charge in [0.05, 0.1) is 13.2 Å². The zero-order chi connectivity index (χ0) is 19.2. The molecule has 1 heterocycles. The van der Waals surface area contributed by atoms with Crippen LogP contribution in [-0.4, -0.2) is 25.2 Å². The molecule has 0 saturated heterocycles. The van der Waals surface area contributed by atoms with E-state index in [1.165, 1.54) is 0 Å². The van der Waals surface area contributed by atoms with Gasteiger partial charge in [-0.15, -0.1) is 0 Å². The lowest BCUT2D eigenvalue weighted by atomic mass is 9.97. The topological polar surface area (TPSA) is 59.6 Å². The Kier molecular flexibility index (Phi) is 6.22. The van der Waals surface area contributed by atoms with Gasteiger partial charge in [-0.3, -0.25) is 4.79 Å². The van der Waals surface area contributed by atoms with Crippen molar-refractivity contribution in [3.8, 4) is 11.5 Å². The highest BCUT2D eigenvalue weighted by molar-refractivity contribution is 5.97. The molecule has 0 aliphatic carbocycles. The molecule has 2 aromatic rings. The first-order valence-corrected chi connectivity index (χ1v) is 9.64. The molecule has 0 aromatic heterocycles. The summed E-state index contributed by atoms with van der Waals surface area (Å²) in [6, 6.07) is 13.3. The van der Waals surface area contributed by atoms with Gasteiger partial charge in [-0.05, 0) is 43.0 Å². The lowest BCUT2D eigenvalue weighted by molar-refractivity contribution is -0.116. The third-order valence-electron chi connectivity index (χ3n) is 4.89. The molecule has 27 heavy (non-hydrogen) atoms. The predicted molar refractivity (Wildman–Crippen MR) is 109 cm³/mol. The van der Waals surface area contributed by atoms with Crippen molar-refractivity contribution < 1.29 is 14.3 Å². The molecule has 5 heteroatoms. The number of carbonyl (C=O) groups excluding carboxylic acids is 1. The van der Waals surface area contributed by atoms with Crippen LogP contribution in [0.25, 0.3) is 0 Å². The van der Waals surface area contributed by atoms with Crippen molar-refractivity contribution >= 4 is 17.3 Å². The van der Waals surface area contributed by atoms with Crippen molar-refractivity contribution in [3.05, 3.63) is 48.0 Å². The fourth-order valence-corrected chi connectivity index (χ4v) is 3.07. The Morgan fingerprint density at radius 3 is 2.59 bits per heavy atom. The highest BCUT2D eigenvalue weighted by atomic mass is 16.5. The molecule has 2 atom stereocenters. The Morgan fingerprint density at radius 2 is 1.81 bits per heavy atom. The van der Waals surface area contributed by atoms with Gasteiger partial charge in [-0.25, -0.2) is 0 Å². The number of anilines is 2. The Morgan fingerprint density at radius 1 is 1.07 bits per heavy atom. The summed E-state index contributed by atoms with van der Waals surface area (Å²) in [5.41, 5.74) is 2.87. The van der Waals surface area contributed by atoms with Crippen molar-refractivity contribution in [2.75, 3.05) is 23.8 Å². The molecule has 0 bridgehead atoms. The maximum absolute atomic E-state index is 12.7. The molecule has 1 aliphatic heterocycles. The van der Waals surface area contributed by atoms with Crippen LogP contribution in [0.3, 0.4) is 0 Å². The molecule has 0 fully saturated rings. The molecule has 0 spiro atoms. The summed E-state index contributed by atoms with van der Waals surface area (Å²) in [7, 11) is 0. The molecular weight excluding hydrogens is 340 g/mol. The third kappa shape index (κ3) is 4.73. The first-order valence-electron chi connectivity index (χ1n) is 9.64. The van der Waals surface area contributed by atoms with E-state index in [0.717, 1.165) is 35.5 Å². The molecule has 0 radical (unpaired) electrons. The van der Waals surface area contributed by atoms with Gasteiger partial charge in [-0.2, -0.15) is 0 Å². The summed E-state index contributed by atoms with van der Waals surface area (Å²) in [4.78, 5) is 12.7. The molecule has 144 valence electrons. The molecule has 5 nitrogen and oxygen atoms in total. The zero-order valence-corrected chi connectivity index (χ0v) is 16.2. The third-order valence-corrected chi connectivity index (χ3v) is 4.89. The van der Waals surface area contributed by atoms with E-state index >= 15 is 0 Å². The van der Waals surface area contributed by atoms with E-state index in [0.29, 0.717) is 24.9 Å². The Hall–Kier alpha value is -2.69. The predicted octanol–water partition coefficient (Wildman–Crippen LogP) is 4.80. The van der Waals surface area contributed by atoms with Gasteiger partial charge in [0.15, 0.2) is 11.5 Å². The van der Waals surface area contributed by atoms with Gasteiger partial charge in [0.2, 0.25) is 5.91 Å². The number of carbonyl (C=O) groups is 1. The summed E-state index contributed by atoms with van der Waals surface area (Å²) in [5.74, 6) is 1.79. The number of fused-ring (bicyclic) bond motifs is 1. The van der Waals surface area contributed by atoms with Crippen LogP contribution in [0.2, 0.25) is 0 Å². The van der Waals surface area contributed by atoms with Crippen LogP contribution in [0.5, 0.6) is 11.5 Å². The number of para-hydroxylation sites is 1. The SMILES string of the molecule is CC[C@H](C)c1ccccc1NC(=O)[C@H](C)Nc1ccc2c(c1)OCCCO2. The lowest BCUT2D eigenvalue weighted by Gasteiger charge is -2.19. The van der Waals surface area contributed by atoms with Crippen LogP contribution in [0, 0.1) is 0 Å². The second-order valence-electron chi connectivity index (χ2n) is 6.96. The monoisotopic (exact) mass is 368 g/mol. The second-order valence-corrected chi connectivity index (χ2v) is 6.96. The van der Waals surface area contributed by atoms with Crippen LogP contribution in [0.15, 0.2) is 42.5 Å². The summed E-state index contributed by atoms with van der Waals surface area (Å²) in [6.07, 6.45) is 1.89. The van der Waals surface area contributed by atoms with Gasteiger partial charge in [0.25, 0.3) is 0 Å². The molecule has 2 aromatic carbocycles. The van der Waals surface area contributed by atoms with Gasteiger partial charge in [0.1, 0.15) is 6.04 Å². The standard InChI is InChI=1S/C22H28N2O3/c1-4-15(2)18-8-5-6-9-19(18)24-22(25)16(3)23-17-10-11-20-21(14-17)27-13-7-12-26-20/h5-6,8-11,14-16,23H,4,7,12-13H2,1-3H3,(H,24,25)/t15-,16-/m0/s1. The van der Waals surface area contributed by atoms with Gasteiger partial charge >= 0.3 is 0 Å². The van der Waals surface area contributed by atoms with Crippen LogP contribution < -0.4 is 20.1 Å². The van der Waals surface area contributed by atoms with Gasteiger partial charge < -0.3 is 20.1 Å². The quantitative estimate of drug-likeness (QED) is 0.769. The summed E-state index contributed by atoms with van der Waals surface area (Å²) in [5, 5.41) is 6.31. The summed E-state index contributed by atoms with van der Waals surface area (Å²) >= 11 is 0. The Bertz CT molecular complexity index is 791. The molecule has 2 N–H and O–H groups in total. The minimum absolute atomic E-state index is 0.0714. The fourth-order valence-electron chi connectivity index (χ4n) is 3.07. The molecule has 1 aliphatic rings. The molecule has 0 saturated carbocycles. The maximum atomic E-state index is 12.7. The minimum Gasteiger partial charge on any atom is -0.490 e. The number of rotatable bonds is 6. The number of benzene rings is 2. The maximum Gasteiger partial charge on any atom is 0.246 e. The largest absolute Gasteiger partial charge is 0.490 e. The zero-order valence-electron chi connectivity index (χ0n) is 16.2. The van der Waals surface area contributed by atoms with Crippen LogP contribution in [-0.2, 0) is 4.79 Å². The molecule has 3 rings (SSSR count). The van der Waals surface area contributed by atoms with E-state index in [1.807, 2.05) is 43.3 Å². The van der Waals surface area contributed by atoms with E-state index in [2.05, 4.69) is 30.5 Å². The Labute approximate surface area is 161 Å². The highest BCUT2D eigenvalue weighted by Gasteiger charge is 2.17. The second kappa shape index (κ2) is 8.80. The lowest BCUT2D eigenvalue weighted by Crippen LogP contribution is -2.32. The van der Waals surface area contributed by atoms with Crippen molar-refractivity contribution in [2.24, 2.45) is 0 Å². The number of amides is 1. The number of hydrogen-bond acceptors (Lipinski definition) is 4. The van der Waals surface area contributed by atoms with E-state index in [9.17, 15) is 4.79 Å². The summed E-state index contributed by atoms with van der Waals surface area (Å²) < 4.78 is 11.4. The number of hydrogen-bond donors (Lipinski definition) is 2. The van der Waals surface area contributed by atoms with Gasteiger partial charge in [0, 0.05) is 23.9 Å². The van der Waals surface area contributed by atoms with Crippen molar-refractivity contribution in [1.82, 2.24) is 0 Å². The fraction of sp³-hybridized carbons (Fsp3) is 0.409. The van der Waals surface area contributed by atoms with Crippen molar-refractivity contribution in [3.63, 3.8) is 0 Å². The summed E-state index contributed by atoms with van der Waals surface area (Å²) in [6.45, 7) is 7.47. The first kappa shape index (κ1) is 19.1. The molecular formula is C22H28N2O3. The molecule has 0 unspecified atom stereocenters. The number of nitrogens with one attached hydrogen (secondary N) is 2. The number of ether oxygens (including phenoxy) is 2. The van der Waals surface area contributed by atoms with Crippen LogP contribution in [0.4, 0.5) is 11.4 Å². The van der Waals surface area contributed by atoms with Crippen molar-refractivity contribution in [2.45, 2.75) is 45.6 Å². The van der Waals surface area contributed by atoms with E-state index in [4.69, 9.17) is 9.47 Å². The molecule has 1 amide bonds. The van der Waals surface area contributed by atoms with Crippen molar-refractivity contribution in [1.29, 1.82) is 0 Å². The average Bonchev–Trinajstić information content (AvgIpc) is 2.92. The van der Waals surface area contributed by atoms with Crippen LogP contribution in [0.1, 0.15) is 45.1 Å². The van der Waals surface area contributed by atoms with Gasteiger partial charge in [-0.1, -0.05) is 32.0 Å². The smallest absolute Gasteiger partial charge is 0.246 e. The minimum atomic E-state index is -0.389. The van der Waals surface area contributed by atoms with E-state index < -0.39 is 0 Å².